The van der Waals surface area contributed by atoms with E-state index in [4.69, 9.17) is 11.6 Å². The van der Waals surface area contributed by atoms with Gasteiger partial charge in [0.2, 0.25) is 5.91 Å². The maximum absolute atomic E-state index is 12.2. The summed E-state index contributed by atoms with van der Waals surface area (Å²) in [4.78, 5) is 27.7. The van der Waals surface area contributed by atoms with Gasteiger partial charge in [-0.25, -0.2) is 0 Å². The molecule has 1 aromatic heterocycles. The summed E-state index contributed by atoms with van der Waals surface area (Å²) in [5.74, 6) is 0.502. The number of aryl methyl sites for hydroxylation is 1. The minimum atomic E-state index is -0.0929. The lowest BCUT2D eigenvalue weighted by Crippen LogP contribution is -2.43. The first-order valence-electron chi connectivity index (χ1n) is 7.89. The highest BCUT2D eigenvalue weighted by atomic mass is 35.5. The average Bonchev–Trinajstić information content (AvgIpc) is 2.85. The van der Waals surface area contributed by atoms with Crippen LogP contribution in [0, 0.1) is 5.92 Å². The second kappa shape index (κ2) is 7.84. The molecule has 1 fully saturated rings. The predicted molar refractivity (Wildman–Crippen MR) is 90.6 cm³/mol. The Balaban J connectivity index is 1.73. The van der Waals surface area contributed by atoms with Gasteiger partial charge in [-0.3, -0.25) is 14.5 Å². The highest BCUT2D eigenvalue weighted by Crippen LogP contribution is 2.17. The van der Waals surface area contributed by atoms with Crippen molar-refractivity contribution in [3.63, 3.8) is 0 Å². The summed E-state index contributed by atoms with van der Waals surface area (Å²) in [6, 6.07) is 1.67. The lowest BCUT2D eigenvalue weighted by atomic mass is 9.96. The van der Waals surface area contributed by atoms with E-state index in [1.54, 1.807) is 42.9 Å². The first-order chi connectivity index (χ1) is 10.9. The minimum Gasteiger partial charge on any atom is -0.350 e. The standard InChI is InChI=1S/C16H25ClN4O2/c1-19(2)15(22)11-21-6-4-12(5-7-21)9-18-16(23)14-8-13(17)10-20(14)3/h8,10,12H,4-7,9,11H2,1-3H3,(H,18,23). The normalized spacial score (nSPS) is 16.3. The molecule has 0 bridgehead atoms. The van der Waals surface area contributed by atoms with Crippen molar-refractivity contribution in [1.82, 2.24) is 19.7 Å². The second-order valence-corrected chi connectivity index (χ2v) is 6.81. The van der Waals surface area contributed by atoms with Crippen LogP contribution in [-0.4, -0.2) is 66.5 Å². The third-order valence-corrected chi connectivity index (χ3v) is 4.53. The Labute approximate surface area is 142 Å². The van der Waals surface area contributed by atoms with Crippen LogP contribution >= 0.6 is 11.6 Å². The molecule has 2 rings (SSSR count). The number of nitrogens with one attached hydrogen (secondary N) is 1. The number of halogens is 1. The number of likely N-dealkylation sites (tertiary alicyclic amines) is 1. The van der Waals surface area contributed by atoms with Crippen LogP contribution in [0.4, 0.5) is 0 Å². The quantitative estimate of drug-likeness (QED) is 0.876. The zero-order chi connectivity index (χ0) is 17.0. The van der Waals surface area contributed by atoms with Gasteiger partial charge >= 0.3 is 0 Å². The van der Waals surface area contributed by atoms with Crippen molar-refractivity contribution in [2.45, 2.75) is 12.8 Å². The van der Waals surface area contributed by atoms with E-state index in [1.165, 1.54) is 0 Å². The second-order valence-electron chi connectivity index (χ2n) is 6.37. The molecule has 0 saturated carbocycles. The van der Waals surface area contributed by atoms with Crippen molar-refractivity contribution in [3.8, 4) is 0 Å². The van der Waals surface area contributed by atoms with E-state index in [0.717, 1.165) is 25.9 Å². The number of likely N-dealkylation sites (N-methyl/N-ethyl adjacent to an activating group) is 1. The Morgan fingerprint density at radius 1 is 1.35 bits per heavy atom. The Hall–Kier alpha value is -1.53. The van der Waals surface area contributed by atoms with E-state index >= 15 is 0 Å². The summed E-state index contributed by atoms with van der Waals surface area (Å²) >= 11 is 5.90. The molecular weight excluding hydrogens is 316 g/mol. The van der Waals surface area contributed by atoms with Crippen molar-refractivity contribution in [2.24, 2.45) is 13.0 Å². The van der Waals surface area contributed by atoms with E-state index in [0.29, 0.717) is 29.7 Å². The van der Waals surface area contributed by atoms with Crippen LogP contribution in [0.25, 0.3) is 0 Å². The summed E-state index contributed by atoms with van der Waals surface area (Å²) < 4.78 is 1.73. The minimum absolute atomic E-state index is 0.0929. The molecule has 1 aliphatic rings. The van der Waals surface area contributed by atoms with Crippen LogP contribution in [0.3, 0.4) is 0 Å². The van der Waals surface area contributed by atoms with Crippen LogP contribution < -0.4 is 5.32 Å². The highest BCUT2D eigenvalue weighted by Gasteiger charge is 2.22. The number of aromatic nitrogens is 1. The summed E-state index contributed by atoms with van der Waals surface area (Å²) in [5.41, 5.74) is 0.573. The number of hydrogen-bond donors (Lipinski definition) is 1. The first-order valence-corrected chi connectivity index (χ1v) is 8.27. The molecule has 23 heavy (non-hydrogen) atoms. The molecule has 1 N–H and O–H groups in total. The lowest BCUT2D eigenvalue weighted by molar-refractivity contribution is -0.130. The molecule has 1 aliphatic heterocycles. The zero-order valence-electron chi connectivity index (χ0n) is 14.0. The van der Waals surface area contributed by atoms with Crippen LogP contribution in [0.15, 0.2) is 12.3 Å². The van der Waals surface area contributed by atoms with E-state index in [1.807, 2.05) is 0 Å². The fraction of sp³-hybridized carbons (Fsp3) is 0.625. The summed E-state index contributed by atoms with van der Waals surface area (Å²) in [5, 5.41) is 3.55. The largest absolute Gasteiger partial charge is 0.350 e. The molecule has 0 atom stereocenters. The van der Waals surface area contributed by atoms with Gasteiger partial charge in [0.15, 0.2) is 0 Å². The fourth-order valence-electron chi connectivity index (χ4n) is 2.76. The molecule has 1 saturated heterocycles. The smallest absolute Gasteiger partial charge is 0.267 e. The van der Waals surface area contributed by atoms with E-state index in [9.17, 15) is 9.59 Å². The number of nitrogens with zero attached hydrogens (tertiary/aromatic N) is 3. The van der Waals surface area contributed by atoms with Gasteiger partial charge in [0.1, 0.15) is 5.69 Å². The SMILES string of the molecule is CN(C)C(=O)CN1CCC(CNC(=O)c2cc(Cl)cn2C)CC1. The molecule has 2 heterocycles. The van der Waals surface area contributed by atoms with E-state index < -0.39 is 0 Å². The molecule has 0 unspecified atom stereocenters. The molecule has 2 amide bonds. The maximum atomic E-state index is 12.2. The zero-order valence-corrected chi connectivity index (χ0v) is 14.8. The molecule has 0 spiro atoms. The van der Waals surface area contributed by atoms with Gasteiger partial charge in [0.25, 0.3) is 5.91 Å². The van der Waals surface area contributed by atoms with Gasteiger partial charge in [0.05, 0.1) is 11.6 Å². The number of carbonyl (C=O) groups excluding carboxylic acids is 2. The van der Waals surface area contributed by atoms with Crippen LogP contribution in [0.1, 0.15) is 23.3 Å². The molecule has 0 radical (unpaired) electrons. The molecule has 6 nitrogen and oxygen atoms in total. The molecule has 7 heteroatoms. The Morgan fingerprint density at radius 3 is 2.52 bits per heavy atom. The summed E-state index contributed by atoms with van der Waals surface area (Å²) in [7, 11) is 5.36. The fourth-order valence-corrected chi connectivity index (χ4v) is 3.01. The number of hydrogen-bond acceptors (Lipinski definition) is 3. The van der Waals surface area contributed by atoms with Crippen LogP contribution in [-0.2, 0) is 11.8 Å². The van der Waals surface area contributed by atoms with Crippen molar-refractivity contribution >= 4 is 23.4 Å². The van der Waals surface area contributed by atoms with Crippen LogP contribution in [0.5, 0.6) is 0 Å². The highest BCUT2D eigenvalue weighted by molar-refractivity contribution is 6.31. The number of piperidine rings is 1. The Bertz CT molecular complexity index is 562. The average molecular weight is 341 g/mol. The molecule has 1 aromatic rings. The summed E-state index contributed by atoms with van der Waals surface area (Å²) in [6.07, 6.45) is 3.71. The van der Waals surface area contributed by atoms with Crippen LogP contribution in [0.2, 0.25) is 5.02 Å². The topological polar surface area (TPSA) is 57.6 Å². The van der Waals surface area contributed by atoms with Crippen molar-refractivity contribution in [2.75, 3.05) is 40.3 Å². The Kier molecular flexibility index (Phi) is 6.07. The van der Waals surface area contributed by atoms with Gasteiger partial charge in [-0.2, -0.15) is 0 Å². The van der Waals surface area contributed by atoms with E-state index in [2.05, 4.69) is 10.2 Å². The van der Waals surface area contributed by atoms with E-state index in [-0.39, 0.29) is 11.8 Å². The molecule has 0 aromatic carbocycles. The first kappa shape index (κ1) is 17.8. The Morgan fingerprint density at radius 2 is 2.00 bits per heavy atom. The monoisotopic (exact) mass is 340 g/mol. The lowest BCUT2D eigenvalue weighted by Gasteiger charge is -2.32. The van der Waals surface area contributed by atoms with Gasteiger partial charge in [-0.05, 0) is 37.9 Å². The maximum Gasteiger partial charge on any atom is 0.267 e. The number of rotatable bonds is 5. The predicted octanol–water partition coefficient (Wildman–Crippen LogP) is 1.21. The van der Waals surface area contributed by atoms with Crippen molar-refractivity contribution < 1.29 is 9.59 Å². The third kappa shape index (κ3) is 4.97. The van der Waals surface area contributed by atoms with Crippen molar-refractivity contribution in [3.05, 3.63) is 23.0 Å². The number of amides is 2. The van der Waals surface area contributed by atoms with Gasteiger partial charge in [-0.1, -0.05) is 11.6 Å². The van der Waals surface area contributed by atoms with Gasteiger partial charge in [0, 0.05) is 33.9 Å². The number of carbonyl (C=O) groups is 2. The summed E-state index contributed by atoms with van der Waals surface area (Å²) in [6.45, 7) is 2.94. The van der Waals surface area contributed by atoms with Gasteiger partial charge < -0.3 is 14.8 Å². The third-order valence-electron chi connectivity index (χ3n) is 4.32. The molecule has 128 valence electrons. The van der Waals surface area contributed by atoms with Crippen molar-refractivity contribution in [1.29, 1.82) is 0 Å². The molecular formula is C16H25ClN4O2. The molecule has 0 aliphatic carbocycles. The van der Waals surface area contributed by atoms with Gasteiger partial charge in [-0.15, -0.1) is 0 Å².